The number of carbonyl (C=O) groups excluding carboxylic acids is 1. The topological polar surface area (TPSA) is 89.8 Å². The average molecular weight is 474 g/mol. The summed E-state index contributed by atoms with van der Waals surface area (Å²) in [4.78, 5) is 32.0. The Kier molecular flexibility index (Phi) is 5.32. The first-order chi connectivity index (χ1) is 15.0. The van der Waals surface area contributed by atoms with E-state index in [9.17, 15) is 14.0 Å². The summed E-state index contributed by atoms with van der Waals surface area (Å²) < 4.78 is 14.6. The summed E-state index contributed by atoms with van der Waals surface area (Å²) in [6, 6.07) is 5.50. The smallest absolute Gasteiger partial charge is 0.286 e. The molecule has 0 unspecified atom stereocenters. The number of nitrogens with one attached hydrogen (secondary N) is 1. The highest BCUT2D eigenvalue weighted by Gasteiger charge is 2.22. The summed E-state index contributed by atoms with van der Waals surface area (Å²) in [7, 11) is 1.73. The molecule has 0 saturated heterocycles. The van der Waals surface area contributed by atoms with Crippen LogP contribution in [-0.4, -0.2) is 25.7 Å². The van der Waals surface area contributed by atoms with Crippen molar-refractivity contribution in [3.8, 4) is 0 Å². The number of thiophene rings is 1. The molecule has 1 N–H and O–H groups in total. The van der Waals surface area contributed by atoms with E-state index in [-0.39, 0.29) is 16.4 Å². The largest absolute Gasteiger partial charge is 0.320 e. The number of aryl methyl sites for hydroxylation is 2. The molecule has 0 bridgehead atoms. The minimum absolute atomic E-state index is 0.0106. The Morgan fingerprint density at radius 2 is 2.03 bits per heavy atom. The van der Waals surface area contributed by atoms with Gasteiger partial charge in [0.05, 0.1) is 11.1 Å². The molecule has 3 heterocycles. The zero-order valence-corrected chi connectivity index (χ0v) is 18.8. The predicted molar refractivity (Wildman–Crippen MR) is 121 cm³/mol. The van der Waals surface area contributed by atoms with Crippen molar-refractivity contribution in [2.75, 3.05) is 5.32 Å². The summed E-state index contributed by atoms with van der Waals surface area (Å²) in [5.74, 6) is -0.333. The molecule has 7 nitrogen and oxygen atoms in total. The summed E-state index contributed by atoms with van der Waals surface area (Å²) >= 11 is 4.18. The molecular formula is C20H16FN5O2S3. The monoisotopic (exact) mass is 473 g/mol. The van der Waals surface area contributed by atoms with E-state index in [1.54, 1.807) is 23.0 Å². The number of rotatable bonds is 5. The molecule has 11 heteroatoms. The van der Waals surface area contributed by atoms with E-state index in [0.717, 1.165) is 29.5 Å². The summed E-state index contributed by atoms with van der Waals surface area (Å²) in [5, 5.41) is 12.9. The number of fused-ring (bicyclic) bond motifs is 3. The summed E-state index contributed by atoms with van der Waals surface area (Å²) in [6.07, 6.45) is 3.08. The fourth-order valence-corrected chi connectivity index (χ4v) is 6.48. The molecule has 1 aliphatic carbocycles. The number of amides is 1. The van der Waals surface area contributed by atoms with Crippen LogP contribution in [0.3, 0.4) is 0 Å². The van der Waals surface area contributed by atoms with Crippen molar-refractivity contribution in [2.24, 2.45) is 7.05 Å². The number of halogens is 1. The number of aromatic nitrogens is 4. The maximum Gasteiger partial charge on any atom is 0.286 e. The van der Waals surface area contributed by atoms with Gasteiger partial charge in [-0.25, -0.2) is 9.37 Å². The van der Waals surface area contributed by atoms with Gasteiger partial charge < -0.3 is 5.32 Å². The molecule has 1 aliphatic rings. The number of nitrogens with zero attached hydrogens (tertiary/aromatic N) is 4. The maximum atomic E-state index is 13.0. The van der Waals surface area contributed by atoms with Crippen LogP contribution < -0.4 is 10.9 Å². The van der Waals surface area contributed by atoms with E-state index in [1.165, 1.54) is 57.8 Å². The molecular weight excluding hydrogens is 457 g/mol. The third kappa shape index (κ3) is 3.88. The molecule has 0 radical (unpaired) electrons. The van der Waals surface area contributed by atoms with Crippen molar-refractivity contribution in [1.29, 1.82) is 0 Å². The Morgan fingerprint density at radius 1 is 1.23 bits per heavy atom. The summed E-state index contributed by atoms with van der Waals surface area (Å²) in [6.45, 7) is 0. The molecule has 3 aromatic heterocycles. The molecule has 4 aromatic rings. The lowest BCUT2D eigenvalue weighted by atomic mass is 10.2. The molecule has 5 rings (SSSR count). The van der Waals surface area contributed by atoms with Gasteiger partial charge in [0.2, 0.25) is 5.01 Å². The van der Waals surface area contributed by atoms with E-state index in [4.69, 9.17) is 4.98 Å². The minimum atomic E-state index is -0.402. The van der Waals surface area contributed by atoms with Crippen LogP contribution in [0.5, 0.6) is 0 Å². The van der Waals surface area contributed by atoms with Crippen LogP contribution in [0.2, 0.25) is 0 Å². The van der Waals surface area contributed by atoms with Gasteiger partial charge in [0.1, 0.15) is 15.7 Å². The Bertz CT molecular complexity index is 1360. The number of thioether (sulfide) groups is 1. The second kappa shape index (κ2) is 8.13. The Morgan fingerprint density at radius 3 is 2.84 bits per heavy atom. The van der Waals surface area contributed by atoms with Gasteiger partial charge in [-0.15, -0.1) is 21.5 Å². The lowest BCUT2D eigenvalue weighted by Crippen LogP contribution is -2.20. The quantitative estimate of drug-likeness (QED) is 0.348. The van der Waals surface area contributed by atoms with Gasteiger partial charge in [0, 0.05) is 17.6 Å². The number of hydrogen-bond donors (Lipinski definition) is 1. The first-order valence-electron chi connectivity index (χ1n) is 9.53. The van der Waals surface area contributed by atoms with Crippen LogP contribution in [0.4, 0.5) is 10.1 Å². The lowest BCUT2D eigenvalue weighted by Gasteiger charge is -2.06. The van der Waals surface area contributed by atoms with E-state index < -0.39 is 5.91 Å². The fraction of sp³-hybridized carbons (Fsp3) is 0.250. The second-order valence-corrected chi connectivity index (χ2v) is 10.1. The average Bonchev–Trinajstić information content (AvgIpc) is 3.47. The molecule has 0 atom stereocenters. The highest BCUT2D eigenvalue weighted by Crippen LogP contribution is 2.35. The van der Waals surface area contributed by atoms with Gasteiger partial charge >= 0.3 is 0 Å². The highest BCUT2D eigenvalue weighted by molar-refractivity contribution is 7.98. The zero-order chi connectivity index (χ0) is 21.5. The van der Waals surface area contributed by atoms with Crippen LogP contribution in [0.1, 0.15) is 31.7 Å². The zero-order valence-electron chi connectivity index (χ0n) is 16.3. The first kappa shape index (κ1) is 20.3. The van der Waals surface area contributed by atoms with Crippen molar-refractivity contribution in [3.05, 3.63) is 60.9 Å². The van der Waals surface area contributed by atoms with E-state index in [1.807, 2.05) is 0 Å². The number of hydrogen-bond acceptors (Lipinski definition) is 8. The molecule has 31 heavy (non-hydrogen) atoms. The second-order valence-electron chi connectivity index (χ2n) is 7.05. The first-order valence-corrected chi connectivity index (χ1v) is 12.1. The van der Waals surface area contributed by atoms with Gasteiger partial charge in [-0.05, 0) is 49.1 Å². The summed E-state index contributed by atoms with van der Waals surface area (Å²) in [5.41, 5.74) is 1.64. The lowest BCUT2D eigenvalue weighted by molar-refractivity contribution is 0.102. The van der Waals surface area contributed by atoms with Gasteiger partial charge in [0.15, 0.2) is 5.16 Å². The molecule has 0 spiro atoms. The van der Waals surface area contributed by atoms with Crippen LogP contribution in [0, 0.1) is 5.82 Å². The predicted octanol–water partition coefficient (Wildman–Crippen LogP) is 4.02. The maximum absolute atomic E-state index is 13.0. The van der Waals surface area contributed by atoms with Gasteiger partial charge in [-0.2, -0.15) is 0 Å². The Hall–Kier alpha value is -2.63. The van der Waals surface area contributed by atoms with E-state index in [0.29, 0.717) is 21.6 Å². The Labute approximate surface area is 188 Å². The highest BCUT2D eigenvalue weighted by atomic mass is 32.2. The molecule has 1 amide bonds. The van der Waals surface area contributed by atoms with Crippen LogP contribution in [0.25, 0.3) is 10.2 Å². The molecule has 0 aliphatic heterocycles. The Balaban J connectivity index is 1.31. The standard InChI is InChI=1S/C20H16FN5O2S3/c1-26-19(28)15-12-3-2-4-13(12)30-17(15)23-20(26)29-9-14-24-25-18(31-14)16(27)22-11-7-5-10(21)6-8-11/h5-8H,2-4,9H2,1H3,(H,22,27). The number of benzene rings is 1. The van der Waals surface area contributed by atoms with Gasteiger partial charge in [-0.1, -0.05) is 23.1 Å². The van der Waals surface area contributed by atoms with Crippen molar-refractivity contribution in [2.45, 2.75) is 30.2 Å². The molecule has 158 valence electrons. The number of anilines is 1. The van der Waals surface area contributed by atoms with Crippen LogP contribution >= 0.6 is 34.4 Å². The van der Waals surface area contributed by atoms with Crippen LogP contribution in [0.15, 0.2) is 34.2 Å². The van der Waals surface area contributed by atoms with Gasteiger partial charge in [-0.3, -0.25) is 14.2 Å². The van der Waals surface area contributed by atoms with Crippen molar-refractivity contribution < 1.29 is 9.18 Å². The molecule has 1 aromatic carbocycles. The van der Waals surface area contributed by atoms with Gasteiger partial charge in [0.25, 0.3) is 11.5 Å². The normalized spacial score (nSPS) is 13.0. The molecule has 0 fully saturated rings. The van der Waals surface area contributed by atoms with Crippen molar-refractivity contribution in [3.63, 3.8) is 0 Å². The van der Waals surface area contributed by atoms with Crippen molar-refractivity contribution in [1.82, 2.24) is 19.7 Å². The fourth-order valence-electron chi connectivity index (χ4n) is 3.48. The van der Waals surface area contributed by atoms with Crippen LogP contribution in [-0.2, 0) is 25.6 Å². The van der Waals surface area contributed by atoms with E-state index in [2.05, 4.69) is 15.5 Å². The number of carbonyl (C=O) groups is 1. The van der Waals surface area contributed by atoms with Crippen molar-refractivity contribution >= 4 is 56.2 Å². The third-order valence-electron chi connectivity index (χ3n) is 4.99. The molecule has 0 saturated carbocycles. The SMILES string of the molecule is Cn1c(SCc2nnc(C(=O)Nc3ccc(F)cc3)s2)nc2sc3c(c2c1=O)CCC3. The van der Waals surface area contributed by atoms with E-state index >= 15 is 0 Å². The minimum Gasteiger partial charge on any atom is -0.320 e. The third-order valence-corrected chi connectivity index (χ3v) is 8.32.